The largest absolute Gasteiger partial charge is 0.479 e. The minimum absolute atomic E-state index is 0.0470. The molecular formula is C12H22O3. The third-order valence-electron chi connectivity index (χ3n) is 2.99. The van der Waals surface area contributed by atoms with E-state index >= 15 is 0 Å². The molecule has 0 bridgehead atoms. The highest BCUT2D eigenvalue weighted by Crippen LogP contribution is 2.22. The minimum atomic E-state index is -0.825. The first-order valence-electron chi connectivity index (χ1n) is 5.99. The monoisotopic (exact) mass is 214 g/mol. The van der Waals surface area contributed by atoms with E-state index in [9.17, 15) is 4.79 Å². The van der Waals surface area contributed by atoms with E-state index in [-0.39, 0.29) is 12.0 Å². The van der Waals surface area contributed by atoms with E-state index in [2.05, 4.69) is 0 Å². The van der Waals surface area contributed by atoms with Crippen LogP contribution in [0.1, 0.15) is 52.4 Å². The average Bonchev–Trinajstić information content (AvgIpc) is 2.41. The Labute approximate surface area is 91.8 Å². The van der Waals surface area contributed by atoms with Gasteiger partial charge in [-0.15, -0.1) is 0 Å². The number of carbonyl (C=O) groups is 1. The Morgan fingerprint density at radius 3 is 2.13 bits per heavy atom. The standard InChI is InChI=1S/C12H22O3/c1-9(2)11(12(13)14)15-10-7-5-3-4-6-8-10/h9-11H,3-8H2,1-2H3,(H,13,14). The van der Waals surface area contributed by atoms with Crippen LogP contribution in [-0.4, -0.2) is 23.3 Å². The summed E-state index contributed by atoms with van der Waals surface area (Å²) in [4.78, 5) is 11.0. The molecule has 0 aliphatic heterocycles. The smallest absolute Gasteiger partial charge is 0.333 e. The van der Waals surface area contributed by atoms with Crippen molar-refractivity contribution in [2.75, 3.05) is 0 Å². The highest BCUT2D eigenvalue weighted by atomic mass is 16.5. The topological polar surface area (TPSA) is 46.5 Å². The van der Waals surface area contributed by atoms with Crippen molar-refractivity contribution in [3.8, 4) is 0 Å². The number of carboxylic acid groups (broad SMARTS) is 1. The Morgan fingerprint density at radius 1 is 1.20 bits per heavy atom. The van der Waals surface area contributed by atoms with Gasteiger partial charge in [0.25, 0.3) is 0 Å². The van der Waals surface area contributed by atoms with E-state index in [1.54, 1.807) is 0 Å². The number of hydrogen-bond donors (Lipinski definition) is 1. The molecule has 1 fully saturated rings. The van der Waals surface area contributed by atoms with Crippen molar-refractivity contribution in [3.05, 3.63) is 0 Å². The molecule has 15 heavy (non-hydrogen) atoms. The van der Waals surface area contributed by atoms with Crippen molar-refractivity contribution >= 4 is 5.97 Å². The first-order valence-corrected chi connectivity index (χ1v) is 5.99. The van der Waals surface area contributed by atoms with Gasteiger partial charge in [0.15, 0.2) is 6.10 Å². The summed E-state index contributed by atoms with van der Waals surface area (Å²) in [7, 11) is 0. The number of hydrogen-bond acceptors (Lipinski definition) is 2. The number of rotatable bonds is 4. The highest BCUT2D eigenvalue weighted by Gasteiger charge is 2.26. The predicted molar refractivity (Wildman–Crippen MR) is 58.8 cm³/mol. The lowest BCUT2D eigenvalue weighted by Crippen LogP contribution is -2.33. The molecule has 0 radical (unpaired) electrons. The van der Waals surface area contributed by atoms with Crippen molar-refractivity contribution in [2.45, 2.75) is 64.6 Å². The molecule has 1 atom stereocenters. The molecule has 1 aliphatic rings. The normalized spacial score (nSPS) is 21.3. The van der Waals surface area contributed by atoms with Crippen LogP contribution in [0.5, 0.6) is 0 Å². The Morgan fingerprint density at radius 2 is 1.73 bits per heavy atom. The van der Waals surface area contributed by atoms with Gasteiger partial charge in [-0.05, 0) is 18.8 Å². The van der Waals surface area contributed by atoms with Crippen LogP contribution in [0, 0.1) is 5.92 Å². The maximum absolute atomic E-state index is 11.0. The van der Waals surface area contributed by atoms with Gasteiger partial charge < -0.3 is 9.84 Å². The second-order valence-corrected chi connectivity index (χ2v) is 4.75. The highest BCUT2D eigenvalue weighted by molar-refractivity contribution is 5.72. The SMILES string of the molecule is CC(C)C(OC1CCCCCC1)C(=O)O. The molecule has 0 amide bonds. The van der Waals surface area contributed by atoms with Crippen molar-refractivity contribution < 1.29 is 14.6 Å². The summed E-state index contributed by atoms with van der Waals surface area (Å²) in [6.45, 7) is 3.80. The Hall–Kier alpha value is -0.570. The van der Waals surface area contributed by atoms with Crippen LogP contribution >= 0.6 is 0 Å². The lowest BCUT2D eigenvalue weighted by Gasteiger charge is -2.23. The number of aliphatic carboxylic acids is 1. The van der Waals surface area contributed by atoms with Crippen LogP contribution in [0.25, 0.3) is 0 Å². The first kappa shape index (κ1) is 12.5. The summed E-state index contributed by atoms with van der Waals surface area (Å²) < 4.78 is 5.69. The summed E-state index contributed by atoms with van der Waals surface area (Å²) in [6.07, 6.45) is 6.46. The zero-order chi connectivity index (χ0) is 11.3. The van der Waals surface area contributed by atoms with Crippen LogP contribution in [-0.2, 0) is 9.53 Å². The lowest BCUT2D eigenvalue weighted by atomic mass is 10.1. The van der Waals surface area contributed by atoms with E-state index < -0.39 is 12.1 Å². The molecule has 0 spiro atoms. The zero-order valence-electron chi connectivity index (χ0n) is 9.74. The van der Waals surface area contributed by atoms with Gasteiger partial charge in [0.2, 0.25) is 0 Å². The number of ether oxygens (including phenoxy) is 1. The molecule has 0 saturated heterocycles. The van der Waals surface area contributed by atoms with E-state index in [1.165, 1.54) is 25.7 Å². The van der Waals surface area contributed by atoms with Crippen LogP contribution in [0.3, 0.4) is 0 Å². The third-order valence-corrected chi connectivity index (χ3v) is 2.99. The van der Waals surface area contributed by atoms with Gasteiger partial charge in [0, 0.05) is 0 Å². The van der Waals surface area contributed by atoms with Gasteiger partial charge >= 0.3 is 5.97 Å². The fourth-order valence-corrected chi connectivity index (χ4v) is 2.09. The van der Waals surface area contributed by atoms with Crippen molar-refractivity contribution in [1.82, 2.24) is 0 Å². The molecule has 1 aliphatic carbocycles. The van der Waals surface area contributed by atoms with Crippen LogP contribution in [0.2, 0.25) is 0 Å². The van der Waals surface area contributed by atoms with Gasteiger partial charge in [-0.1, -0.05) is 39.5 Å². The molecule has 0 aromatic rings. The third kappa shape index (κ3) is 4.20. The molecule has 3 heteroatoms. The van der Waals surface area contributed by atoms with Gasteiger partial charge in [0.05, 0.1) is 6.10 Å². The van der Waals surface area contributed by atoms with Gasteiger partial charge in [0.1, 0.15) is 0 Å². The van der Waals surface area contributed by atoms with Crippen LogP contribution in [0.4, 0.5) is 0 Å². The molecule has 1 saturated carbocycles. The summed E-state index contributed by atoms with van der Waals surface area (Å²) in [5, 5.41) is 9.02. The zero-order valence-corrected chi connectivity index (χ0v) is 9.74. The van der Waals surface area contributed by atoms with Gasteiger partial charge in [-0.3, -0.25) is 0 Å². The van der Waals surface area contributed by atoms with Crippen LogP contribution in [0.15, 0.2) is 0 Å². The Kier molecular flexibility index (Phi) is 5.09. The predicted octanol–water partition coefficient (Wildman–Crippen LogP) is 2.84. The first-order chi connectivity index (χ1) is 7.11. The quantitative estimate of drug-likeness (QED) is 0.732. The Bertz CT molecular complexity index is 193. The molecule has 0 heterocycles. The summed E-state index contributed by atoms with van der Waals surface area (Å²) in [5.74, 6) is -0.778. The molecule has 1 unspecified atom stereocenters. The summed E-state index contributed by atoms with van der Waals surface area (Å²) in [6, 6.07) is 0. The summed E-state index contributed by atoms with van der Waals surface area (Å²) in [5.41, 5.74) is 0. The van der Waals surface area contributed by atoms with Crippen molar-refractivity contribution in [2.24, 2.45) is 5.92 Å². The fraction of sp³-hybridized carbons (Fsp3) is 0.917. The fourth-order valence-electron chi connectivity index (χ4n) is 2.09. The van der Waals surface area contributed by atoms with E-state index in [0.29, 0.717) is 0 Å². The lowest BCUT2D eigenvalue weighted by molar-refractivity contribution is -0.158. The van der Waals surface area contributed by atoms with Crippen molar-refractivity contribution in [3.63, 3.8) is 0 Å². The van der Waals surface area contributed by atoms with E-state index in [1.807, 2.05) is 13.8 Å². The van der Waals surface area contributed by atoms with E-state index in [0.717, 1.165) is 12.8 Å². The maximum Gasteiger partial charge on any atom is 0.333 e. The second-order valence-electron chi connectivity index (χ2n) is 4.75. The van der Waals surface area contributed by atoms with Gasteiger partial charge in [-0.2, -0.15) is 0 Å². The van der Waals surface area contributed by atoms with Crippen LogP contribution < -0.4 is 0 Å². The van der Waals surface area contributed by atoms with Gasteiger partial charge in [-0.25, -0.2) is 4.79 Å². The molecule has 1 rings (SSSR count). The molecule has 3 nitrogen and oxygen atoms in total. The maximum atomic E-state index is 11.0. The molecule has 88 valence electrons. The molecule has 1 N–H and O–H groups in total. The van der Waals surface area contributed by atoms with Crippen molar-refractivity contribution in [1.29, 1.82) is 0 Å². The van der Waals surface area contributed by atoms with E-state index in [4.69, 9.17) is 9.84 Å². The number of carboxylic acids is 1. The Balaban J connectivity index is 2.45. The molecular weight excluding hydrogens is 192 g/mol. The summed E-state index contributed by atoms with van der Waals surface area (Å²) >= 11 is 0. The molecule has 0 aromatic heterocycles. The second kappa shape index (κ2) is 6.11. The minimum Gasteiger partial charge on any atom is -0.479 e. The average molecular weight is 214 g/mol. The molecule has 0 aromatic carbocycles.